The Kier molecular flexibility index (Phi) is 4.23. The van der Waals surface area contributed by atoms with Crippen molar-refractivity contribution in [3.8, 4) is 0 Å². The summed E-state index contributed by atoms with van der Waals surface area (Å²) in [6.07, 6.45) is 1.72. The van der Waals surface area contributed by atoms with E-state index in [0.29, 0.717) is 6.08 Å². The van der Waals surface area contributed by atoms with Crippen molar-refractivity contribution in [1.29, 1.82) is 0 Å². The lowest BCUT2D eigenvalue weighted by atomic mass is 10.1. The monoisotopic (exact) mass is 330 g/mol. The fraction of sp³-hybridized carbons (Fsp3) is 0.0714. The summed E-state index contributed by atoms with van der Waals surface area (Å²) >= 11 is 0. The minimum absolute atomic E-state index is 0.173. The van der Waals surface area contributed by atoms with E-state index in [4.69, 9.17) is 4.42 Å². The second kappa shape index (κ2) is 5.80. The number of benzene rings is 1. The Morgan fingerprint density at radius 3 is 2.18 bits per heavy atom. The van der Waals surface area contributed by atoms with Gasteiger partial charge in [0.15, 0.2) is 0 Å². The molecule has 116 valence electrons. The summed E-state index contributed by atoms with van der Waals surface area (Å²) in [5, 5.41) is 0. The average molecular weight is 330 g/mol. The van der Waals surface area contributed by atoms with Gasteiger partial charge >= 0.3 is 5.51 Å². The van der Waals surface area contributed by atoms with Gasteiger partial charge in [0, 0.05) is 11.6 Å². The van der Waals surface area contributed by atoms with Crippen LogP contribution in [0, 0.1) is 0 Å². The quantitative estimate of drug-likeness (QED) is 0.636. The number of hydrogen-bond acceptors (Lipinski definition) is 4. The number of allylic oxidation sites excluding steroid dienone is 1. The van der Waals surface area contributed by atoms with Crippen LogP contribution in [-0.2, 0) is 9.84 Å². The Morgan fingerprint density at radius 2 is 1.68 bits per heavy atom. The van der Waals surface area contributed by atoms with Crippen LogP contribution >= 0.6 is 0 Å². The topological polar surface area (TPSA) is 64.3 Å². The van der Waals surface area contributed by atoms with E-state index < -0.39 is 26.0 Å². The smallest absolute Gasteiger partial charge is 0.465 e. The van der Waals surface area contributed by atoms with Crippen LogP contribution in [-0.4, -0.2) is 19.7 Å². The van der Waals surface area contributed by atoms with Gasteiger partial charge in [-0.3, -0.25) is 4.79 Å². The van der Waals surface area contributed by atoms with Crippen LogP contribution in [0.1, 0.15) is 16.1 Å². The molecule has 0 bridgehead atoms. The van der Waals surface area contributed by atoms with E-state index in [-0.39, 0.29) is 11.3 Å². The summed E-state index contributed by atoms with van der Waals surface area (Å²) in [7, 11) is -5.81. The van der Waals surface area contributed by atoms with Crippen LogP contribution in [0.25, 0.3) is 6.08 Å². The molecule has 22 heavy (non-hydrogen) atoms. The third-order valence-electron chi connectivity index (χ3n) is 2.67. The molecule has 1 heterocycles. The van der Waals surface area contributed by atoms with E-state index in [1.165, 1.54) is 36.4 Å². The van der Waals surface area contributed by atoms with Gasteiger partial charge in [0.25, 0.3) is 9.84 Å². The second-order valence-corrected chi connectivity index (χ2v) is 6.08. The molecule has 0 N–H and O–H groups in total. The van der Waals surface area contributed by atoms with E-state index in [9.17, 15) is 26.4 Å². The fourth-order valence-electron chi connectivity index (χ4n) is 1.62. The summed E-state index contributed by atoms with van der Waals surface area (Å²) in [5.74, 6) is -1.43. The molecular formula is C14H9F3O4S. The standard InChI is InChI=1S/C14H9F3O4S/c15-14(16,17)22(19,20)12(9-11-7-4-8-21-11)13(18)10-5-2-1-3-6-10/h1-9H/b12-9+. The molecule has 0 spiro atoms. The molecule has 0 radical (unpaired) electrons. The van der Waals surface area contributed by atoms with Gasteiger partial charge in [-0.2, -0.15) is 13.2 Å². The van der Waals surface area contributed by atoms with Crippen LogP contribution in [0.15, 0.2) is 58.1 Å². The van der Waals surface area contributed by atoms with Crippen molar-refractivity contribution in [2.45, 2.75) is 5.51 Å². The highest BCUT2D eigenvalue weighted by atomic mass is 32.2. The zero-order valence-corrected chi connectivity index (χ0v) is 11.7. The molecule has 0 amide bonds. The first-order valence-electron chi connectivity index (χ1n) is 5.90. The zero-order valence-electron chi connectivity index (χ0n) is 10.9. The maximum atomic E-state index is 12.8. The molecular weight excluding hydrogens is 321 g/mol. The van der Waals surface area contributed by atoms with Crippen molar-refractivity contribution in [2.24, 2.45) is 0 Å². The number of rotatable bonds is 4. The molecule has 0 aliphatic rings. The predicted molar refractivity (Wildman–Crippen MR) is 72.4 cm³/mol. The number of hydrogen-bond donors (Lipinski definition) is 0. The van der Waals surface area contributed by atoms with Crippen LogP contribution in [0.3, 0.4) is 0 Å². The minimum atomic E-state index is -5.81. The highest BCUT2D eigenvalue weighted by Gasteiger charge is 2.50. The lowest BCUT2D eigenvalue weighted by Gasteiger charge is -2.11. The number of halogens is 3. The van der Waals surface area contributed by atoms with Crippen molar-refractivity contribution in [3.05, 3.63) is 65.0 Å². The van der Waals surface area contributed by atoms with E-state index in [1.807, 2.05) is 0 Å². The normalized spacial score (nSPS) is 13.1. The summed E-state index contributed by atoms with van der Waals surface area (Å²) in [5.41, 5.74) is -5.76. The second-order valence-electron chi connectivity index (χ2n) is 4.17. The zero-order chi connectivity index (χ0) is 16.4. The Balaban J connectivity index is 2.60. The number of carbonyl (C=O) groups is 1. The van der Waals surface area contributed by atoms with Gasteiger partial charge in [-0.05, 0) is 12.1 Å². The molecule has 0 aliphatic carbocycles. The van der Waals surface area contributed by atoms with Crippen molar-refractivity contribution < 1.29 is 30.8 Å². The van der Waals surface area contributed by atoms with Gasteiger partial charge in [-0.15, -0.1) is 0 Å². The fourth-order valence-corrected chi connectivity index (χ4v) is 2.51. The molecule has 2 aromatic rings. The molecule has 0 fully saturated rings. The highest BCUT2D eigenvalue weighted by Crippen LogP contribution is 2.32. The van der Waals surface area contributed by atoms with Gasteiger partial charge in [0.2, 0.25) is 5.78 Å². The summed E-state index contributed by atoms with van der Waals surface area (Å²) in [6, 6.07) is 9.43. The molecule has 1 aromatic heterocycles. The number of Topliss-reactive ketones (excluding diaryl/α,β-unsaturated/α-hetero) is 1. The van der Waals surface area contributed by atoms with Crippen LogP contribution in [0.2, 0.25) is 0 Å². The summed E-state index contributed by atoms with van der Waals surface area (Å²) < 4.78 is 66.4. The molecule has 0 atom stereocenters. The predicted octanol–water partition coefficient (Wildman–Crippen LogP) is 3.44. The minimum Gasteiger partial charge on any atom is -0.465 e. The lowest BCUT2D eigenvalue weighted by Crippen LogP contribution is -2.28. The Morgan fingerprint density at radius 1 is 1.05 bits per heavy atom. The highest BCUT2D eigenvalue weighted by molar-refractivity contribution is 7.97. The van der Waals surface area contributed by atoms with E-state index >= 15 is 0 Å². The average Bonchev–Trinajstić information content (AvgIpc) is 2.96. The number of alkyl halides is 3. The third kappa shape index (κ3) is 3.11. The lowest BCUT2D eigenvalue weighted by molar-refractivity contribution is -0.0426. The number of sulfone groups is 1. The summed E-state index contributed by atoms with van der Waals surface area (Å²) in [4.78, 5) is 10.8. The molecule has 0 saturated heterocycles. The molecule has 0 saturated carbocycles. The van der Waals surface area contributed by atoms with Gasteiger partial charge in [-0.25, -0.2) is 8.42 Å². The molecule has 2 rings (SSSR count). The van der Waals surface area contributed by atoms with Gasteiger partial charge in [0.1, 0.15) is 10.7 Å². The van der Waals surface area contributed by atoms with Crippen molar-refractivity contribution in [3.63, 3.8) is 0 Å². The van der Waals surface area contributed by atoms with Crippen molar-refractivity contribution in [2.75, 3.05) is 0 Å². The van der Waals surface area contributed by atoms with Crippen molar-refractivity contribution >= 4 is 21.7 Å². The molecule has 0 aliphatic heterocycles. The van der Waals surface area contributed by atoms with Gasteiger partial charge < -0.3 is 4.42 Å². The number of carbonyl (C=O) groups excluding carboxylic acids is 1. The molecule has 0 unspecified atom stereocenters. The maximum Gasteiger partial charge on any atom is 0.502 e. The Bertz CT molecular complexity index is 788. The molecule has 8 heteroatoms. The van der Waals surface area contributed by atoms with Crippen molar-refractivity contribution in [1.82, 2.24) is 0 Å². The number of furan rings is 1. The summed E-state index contributed by atoms with van der Waals surface area (Å²) in [6.45, 7) is 0. The first-order valence-corrected chi connectivity index (χ1v) is 7.38. The first kappa shape index (κ1) is 16.0. The molecule has 1 aromatic carbocycles. The third-order valence-corrected chi connectivity index (χ3v) is 4.16. The largest absolute Gasteiger partial charge is 0.502 e. The Labute approximate surface area is 123 Å². The van der Waals surface area contributed by atoms with Crippen LogP contribution in [0.4, 0.5) is 13.2 Å². The van der Waals surface area contributed by atoms with Crippen LogP contribution < -0.4 is 0 Å². The van der Waals surface area contributed by atoms with Gasteiger partial charge in [0.05, 0.1) is 6.26 Å². The van der Waals surface area contributed by atoms with E-state index in [1.54, 1.807) is 6.07 Å². The van der Waals surface area contributed by atoms with E-state index in [2.05, 4.69) is 0 Å². The molecule has 4 nitrogen and oxygen atoms in total. The Hall–Kier alpha value is -2.35. The van der Waals surface area contributed by atoms with Gasteiger partial charge in [-0.1, -0.05) is 30.3 Å². The first-order chi connectivity index (χ1) is 10.2. The maximum absolute atomic E-state index is 12.8. The number of ketones is 1. The van der Waals surface area contributed by atoms with E-state index in [0.717, 1.165) is 6.26 Å². The SMILES string of the molecule is O=C(/C(=C\c1ccco1)S(=O)(=O)C(F)(F)F)c1ccccc1. The van der Waals surface area contributed by atoms with Crippen LogP contribution in [0.5, 0.6) is 0 Å².